The third-order valence-electron chi connectivity index (χ3n) is 5.92. The molecule has 2 aliphatic rings. The summed E-state index contributed by atoms with van der Waals surface area (Å²) in [6.07, 6.45) is 4.63. The summed E-state index contributed by atoms with van der Waals surface area (Å²) in [6.45, 7) is 1.99. The van der Waals surface area contributed by atoms with Crippen molar-refractivity contribution in [1.29, 1.82) is 0 Å². The van der Waals surface area contributed by atoms with Crippen LogP contribution in [0.25, 0.3) is 0 Å². The Balaban J connectivity index is 1.64. The first kappa shape index (κ1) is 19.3. The summed E-state index contributed by atoms with van der Waals surface area (Å²) in [4.78, 5) is 28.4. The molecule has 152 valence electrons. The van der Waals surface area contributed by atoms with E-state index in [1.165, 1.54) is 20.0 Å². The number of carbonyl (C=O) groups excluding carboxylic acids is 2. The van der Waals surface area contributed by atoms with Crippen LogP contribution in [0, 0.1) is 0 Å². The van der Waals surface area contributed by atoms with Crippen molar-refractivity contribution in [2.75, 3.05) is 24.0 Å². The lowest BCUT2D eigenvalue weighted by Crippen LogP contribution is -2.54. The van der Waals surface area contributed by atoms with Gasteiger partial charge in [0.2, 0.25) is 5.91 Å². The molecule has 1 amide bonds. The highest BCUT2D eigenvalue weighted by Crippen LogP contribution is 2.42. The molecule has 0 bridgehead atoms. The van der Waals surface area contributed by atoms with Crippen molar-refractivity contribution in [3.8, 4) is 11.5 Å². The number of fused-ring (bicyclic) bond motifs is 1. The van der Waals surface area contributed by atoms with E-state index in [9.17, 15) is 9.59 Å². The zero-order valence-electron chi connectivity index (χ0n) is 17.1. The normalized spacial score (nSPS) is 19.3. The highest BCUT2D eigenvalue weighted by Gasteiger charge is 2.38. The minimum atomic E-state index is -0.376. The van der Waals surface area contributed by atoms with Crippen LogP contribution in [0.5, 0.6) is 11.5 Å². The highest BCUT2D eigenvalue weighted by atomic mass is 16.5. The molecule has 0 radical (unpaired) electrons. The number of ether oxygens (including phenoxy) is 2. The van der Waals surface area contributed by atoms with Gasteiger partial charge in [0.15, 0.2) is 0 Å². The van der Waals surface area contributed by atoms with Gasteiger partial charge in [-0.05, 0) is 56.2 Å². The van der Waals surface area contributed by atoms with E-state index in [4.69, 9.17) is 9.47 Å². The lowest BCUT2D eigenvalue weighted by molar-refractivity contribution is -0.119. The van der Waals surface area contributed by atoms with Crippen molar-refractivity contribution in [1.82, 2.24) is 0 Å². The average molecular weight is 394 g/mol. The predicted molar refractivity (Wildman–Crippen MR) is 112 cm³/mol. The molecule has 1 fully saturated rings. The van der Waals surface area contributed by atoms with Crippen LogP contribution in [0.1, 0.15) is 43.0 Å². The molecule has 1 aliphatic carbocycles. The molecule has 29 heavy (non-hydrogen) atoms. The number of hydrogen-bond acceptors (Lipinski definition) is 5. The molecule has 1 atom stereocenters. The third kappa shape index (κ3) is 3.55. The number of amides is 1. The molecular weight excluding hydrogens is 368 g/mol. The Morgan fingerprint density at radius 2 is 1.66 bits per heavy atom. The molecule has 2 aromatic carbocycles. The van der Waals surface area contributed by atoms with Gasteiger partial charge in [-0.25, -0.2) is 4.79 Å². The van der Waals surface area contributed by atoms with E-state index in [0.717, 1.165) is 24.2 Å². The SMILES string of the molecule is COC(=O)c1ccc(Oc2ccc3c(c2)N(C2CCCC2)[C@H](C)C(=O)N3C)cc1. The van der Waals surface area contributed by atoms with Gasteiger partial charge in [0, 0.05) is 19.2 Å². The molecule has 1 saturated carbocycles. The van der Waals surface area contributed by atoms with Gasteiger partial charge in [-0.3, -0.25) is 4.79 Å². The average Bonchev–Trinajstić information content (AvgIpc) is 3.26. The molecule has 6 nitrogen and oxygen atoms in total. The summed E-state index contributed by atoms with van der Waals surface area (Å²) in [5, 5.41) is 0. The maximum atomic E-state index is 12.8. The lowest BCUT2D eigenvalue weighted by atomic mass is 10.0. The summed E-state index contributed by atoms with van der Waals surface area (Å²) >= 11 is 0. The number of nitrogens with zero attached hydrogens (tertiary/aromatic N) is 2. The minimum absolute atomic E-state index is 0.122. The van der Waals surface area contributed by atoms with Crippen molar-refractivity contribution >= 4 is 23.3 Å². The molecule has 0 saturated heterocycles. The van der Waals surface area contributed by atoms with E-state index in [-0.39, 0.29) is 17.9 Å². The standard InChI is InChI=1S/C23H26N2O4/c1-15-22(26)24(2)20-13-12-19(14-21(20)25(15)17-6-4-5-7-17)29-18-10-8-16(9-11-18)23(27)28-3/h8-15,17H,4-7H2,1-3H3/t15-/m1/s1. The second kappa shape index (κ2) is 7.78. The molecule has 6 heteroatoms. The van der Waals surface area contributed by atoms with Crippen LogP contribution in [0.2, 0.25) is 0 Å². The van der Waals surface area contributed by atoms with Crippen LogP contribution in [-0.4, -0.2) is 38.1 Å². The van der Waals surface area contributed by atoms with Gasteiger partial charge in [0.05, 0.1) is 24.0 Å². The monoisotopic (exact) mass is 394 g/mol. The molecule has 0 spiro atoms. The predicted octanol–water partition coefficient (Wildman–Crippen LogP) is 4.38. The highest BCUT2D eigenvalue weighted by molar-refractivity contribution is 6.05. The summed E-state index contributed by atoms with van der Waals surface area (Å²) in [5.41, 5.74) is 2.43. The third-order valence-corrected chi connectivity index (χ3v) is 5.92. The van der Waals surface area contributed by atoms with Crippen molar-refractivity contribution < 1.29 is 19.1 Å². The molecule has 4 rings (SSSR count). The van der Waals surface area contributed by atoms with Gasteiger partial charge < -0.3 is 19.3 Å². The van der Waals surface area contributed by atoms with Gasteiger partial charge in [-0.1, -0.05) is 12.8 Å². The molecule has 2 aromatic rings. The summed E-state index contributed by atoms with van der Waals surface area (Å²) < 4.78 is 10.8. The van der Waals surface area contributed by atoms with Crippen LogP contribution in [-0.2, 0) is 9.53 Å². The lowest BCUT2D eigenvalue weighted by Gasteiger charge is -2.43. The van der Waals surface area contributed by atoms with Crippen LogP contribution < -0.4 is 14.5 Å². The van der Waals surface area contributed by atoms with Gasteiger partial charge in [-0.2, -0.15) is 0 Å². The number of hydrogen-bond donors (Lipinski definition) is 0. The topological polar surface area (TPSA) is 59.1 Å². The van der Waals surface area contributed by atoms with E-state index in [2.05, 4.69) is 4.90 Å². The fourth-order valence-electron chi connectivity index (χ4n) is 4.39. The molecule has 1 aliphatic heterocycles. The van der Waals surface area contributed by atoms with Gasteiger partial charge in [0.25, 0.3) is 0 Å². The summed E-state index contributed by atoms with van der Waals surface area (Å²) in [7, 11) is 3.19. The van der Waals surface area contributed by atoms with Crippen LogP contribution in [0.4, 0.5) is 11.4 Å². The zero-order chi connectivity index (χ0) is 20.5. The second-order valence-electron chi connectivity index (χ2n) is 7.69. The molecule has 1 heterocycles. The molecule has 0 aromatic heterocycles. The molecule has 0 unspecified atom stereocenters. The number of benzene rings is 2. The summed E-state index contributed by atoms with van der Waals surface area (Å²) in [6, 6.07) is 12.9. The van der Waals surface area contributed by atoms with Crippen molar-refractivity contribution in [3.63, 3.8) is 0 Å². The molecular formula is C23H26N2O4. The first-order valence-corrected chi connectivity index (χ1v) is 10.1. The Labute approximate surface area is 171 Å². The maximum Gasteiger partial charge on any atom is 0.337 e. The van der Waals surface area contributed by atoms with E-state index in [0.29, 0.717) is 23.1 Å². The number of esters is 1. The van der Waals surface area contributed by atoms with E-state index in [1.54, 1.807) is 29.2 Å². The zero-order valence-corrected chi connectivity index (χ0v) is 17.1. The molecule has 0 N–H and O–H groups in total. The maximum absolute atomic E-state index is 12.8. The summed E-state index contributed by atoms with van der Waals surface area (Å²) in [5.74, 6) is 1.08. The first-order chi connectivity index (χ1) is 14.0. The number of likely N-dealkylation sites (N-methyl/N-ethyl adjacent to an activating group) is 1. The van der Waals surface area contributed by atoms with Crippen molar-refractivity contribution in [2.45, 2.75) is 44.7 Å². The Bertz CT molecular complexity index is 919. The first-order valence-electron chi connectivity index (χ1n) is 10.1. The van der Waals surface area contributed by atoms with Crippen molar-refractivity contribution in [2.24, 2.45) is 0 Å². The fourth-order valence-corrected chi connectivity index (χ4v) is 4.39. The number of rotatable bonds is 4. The Kier molecular flexibility index (Phi) is 5.18. The van der Waals surface area contributed by atoms with Gasteiger partial charge in [-0.15, -0.1) is 0 Å². The van der Waals surface area contributed by atoms with Crippen LogP contribution >= 0.6 is 0 Å². The smallest absolute Gasteiger partial charge is 0.337 e. The van der Waals surface area contributed by atoms with Crippen molar-refractivity contribution in [3.05, 3.63) is 48.0 Å². The minimum Gasteiger partial charge on any atom is -0.465 e. The van der Waals surface area contributed by atoms with E-state index < -0.39 is 0 Å². The Hall–Kier alpha value is -3.02. The van der Waals surface area contributed by atoms with Crippen LogP contribution in [0.3, 0.4) is 0 Å². The van der Waals surface area contributed by atoms with Gasteiger partial charge in [0.1, 0.15) is 17.5 Å². The largest absolute Gasteiger partial charge is 0.465 e. The number of anilines is 2. The number of methoxy groups -OCH3 is 1. The Morgan fingerprint density at radius 1 is 1.00 bits per heavy atom. The quantitative estimate of drug-likeness (QED) is 0.721. The second-order valence-corrected chi connectivity index (χ2v) is 7.69. The van der Waals surface area contributed by atoms with E-state index >= 15 is 0 Å². The number of carbonyl (C=O) groups is 2. The fraction of sp³-hybridized carbons (Fsp3) is 0.391. The van der Waals surface area contributed by atoms with Crippen LogP contribution in [0.15, 0.2) is 42.5 Å². The Morgan fingerprint density at radius 3 is 2.31 bits per heavy atom. The van der Waals surface area contributed by atoms with Gasteiger partial charge >= 0.3 is 5.97 Å². The van der Waals surface area contributed by atoms with E-state index in [1.807, 2.05) is 32.2 Å².